The van der Waals surface area contributed by atoms with Crippen LogP contribution in [0.3, 0.4) is 0 Å². The number of benzene rings is 1. The molecule has 0 saturated carbocycles. The zero-order valence-electron chi connectivity index (χ0n) is 17.7. The summed E-state index contributed by atoms with van der Waals surface area (Å²) in [6.07, 6.45) is 11.2. The van der Waals surface area contributed by atoms with Crippen LogP contribution in [0.15, 0.2) is 41.0 Å². The maximum atomic E-state index is 5.34. The van der Waals surface area contributed by atoms with E-state index in [1.54, 1.807) is 7.11 Å². The van der Waals surface area contributed by atoms with E-state index < -0.39 is 18.4 Å². The fourth-order valence-electron chi connectivity index (χ4n) is 3.77. The third-order valence-corrected chi connectivity index (χ3v) is 19.7. The first-order valence-corrected chi connectivity index (χ1v) is 18.3. The van der Waals surface area contributed by atoms with Crippen molar-refractivity contribution in [3.05, 3.63) is 46.6 Å². The second-order valence-corrected chi connectivity index (χ2v) is 20.4. The van der Waals surface area contributed by atoms with Gasteiger partial charge < -0.3 is 0 Å². The average molecular weight is 463 g/mol. The minimum absolute atomic E-state index is 0.935. The van der Waals surface area contributed by atoms with Crippen molar-refractivity contribution in [2.75, 3.05) is 7.11 Å². The summed E-state index contributed by atoms with van der Waals surface area (Å²) in [5.74, 6) is 0.935. The standard InChI is InChI=1S/C12H13O.3C4H9.Sn/c1-4-5-10(2)11-6-8-12(13-3)9-7-11;3*1-3-4-2;/h2,4,6-9H,1,5H2,3H3;3*1,3-4H2,2H3;. The van der Waals surface area contributed by atoms with E-state index in [-0.39, 0.29) is 0 Å². The van der Waals surface area contributed by atoms with Gasteiger partial charge in [-0.1, -0.05) is 0 Å². The van der Waals surface area contributed by atoms with Crippen LogP contribution in [0.4, 0.5) is 0 Å². The molecule has 0 spiro atoms. The van der Waals surface area contributed by atoms with E-state index in [9.17, 15) is 0 Å². The summed E-state index contributed by atoms with van der Waals surface area (Å²) in [7, 11) is 1.73. The Hall–Kier alpha value is -0.701. The molecule has 0 radical (unpaired) electrons. The van der Waals surface area contributed by atoms with Gasteiger partial charge in [-0.15, -0.1) is 0 Å². The number of rotatable bonds is 14. The van der Waals surface area contributed by atoms with Gasteiger partial charge in [0.15, 0.2) is 0 Å². The Balaban J connectivity index is 3.26. The first-order valence-electron chi connectivity index (χ1n) is 10.6. The van der Waals surface area contributed by atoms with Crippen LogP contribution in [-0.2, 0) is 0 Å². The summed E-state index contributed by atoms with van der Waals surface area (Å²) < 4.78 is 12.7. The summed E-state index contributed by atoms with van der Waals surface area (Å²) in [4.78, 5) is 0. The predicted molar refractivity (Wildman–Crippen MR) is 121 cm³/mol. The number of allylic oxidation sites excluding steroid dienone is 2. The third kappa shape index (κ3) is 7.90. The van der Waals surface area contributed by atoms with E-state index in [1.165, 1.54) is 63.0 Å². The third-order valence-electron chi connectivity index (χ3n) is 5.39. The van der Waals surface area contributed by atoms with Gasteiger partial charge in [0.25, 0.3) is 0 Å². The van der Waals surface area contributed by atoms with E-state index in [0.717, 1.165) is 12.2 Å². The number of methoxy groups -OCH3 is 1. The monoisotopic (exact) mass is 464 g/mol. The van der Waals surface area contributed by atoms with Crippen LogP contribution in [0.5, 0.6) is 5.75 Å². The van der Waals surface area contributed by atoms with Gasteiger partial charge in [0, 0.05) is 0 Å². The summed E-state index contributed by atoms with van der Waals surface area (Å²) in [5.41, 5.74) is 2.87. The molecule has 1 rings (SSSR count). The number of unbranched alkanes of at least 4 members (excludes halogenated alkanes) is 3. The molecule has 0 fully saturated rings. The molecule has 0 aliphatic carbocycles. The summed E-state index contributed by atoms with van der Waals surface area (Å²) in [6.45, 7) is 11.1. The molecule has 0 unspecified atom stereocenters. The molecule has 0 saturated heterocycles. The number of hydrogen-bond donors (Lipinski definition) is 0. The molecule has 146 valence electrons. The van der Waals surface area contributed by atoms with Gasteiger partial charge in [-0.2, -0.15) is 0 Å². The fraction of sp³-hybridized carbons (Fsp3) is 0.583. The molecule has 2 heteroatoms. The van der Waals surface area contributed by atoms with Crippen molar-refractivity contribution in [2.24, 2.45) is 0 Å². The Labute approximate surface area is 166 Å². The zero-order chi connectivity index (χ0) is 19.3. The van der Waals surface area contributed by atoms with Gasteiger partial charge in [-0.3, -0.25) is 0 Å². The normalized spacial score (nSPS) is 12.2. The summed E-state index contributed by atoms with van der Waals surface area (Å²) in [5, 5.41) is 0. The Morgan fingerprint density at radius 2 is 1.42 bits per heavy atom. The molecule has 0 atom stereocenters. The number of ether oxygens (including phenoxy) is 1. The minimum atomic E-state index is -2.29. The molecule has 0 aliphatic heterocycles. The molecule has 0 amide bonds. The topological polar surface area (TPSA) is 9.23 Å². The molecule has 0 aromatic heterocycles. The summed E-state index contributed by atoms with van der Waals surface area (Å²) >= 11 is -2.29. The second-order valence-electron chi connectivity index (χ2n) is 7.56. The molecule has 1 nitrogen and oxygen atoms in total. The van der Waals surface area contributed by atoms with E-state index in [2.05, 4.69) is 61.8 Å². The van der Waals surface area contributed by atoms with Gasteiger partial charge in [-0.25, -0.2) is 0 Å². The SMILES string of the molecule is C=CC/C(=[CH]/[Sn]([CH2]CCC)([CH2]CCC)[CH2]CCC)c1ccc(OC)cc1. The first kappa shape index (κ1) is 23.3. The van der Waals surface area contributed by atoms with Crippen LogP contribution in [0, 0.1) is 0 Å². The Kier molecular flexibility index (Phi) is 12.1. The maximum absolute atomic E-state index is 5.34. The Morgan fingerprint density at radius 3 is 1.81 bits per heavy atom. The van der Waals surface area contributed by atoms with Crippen molar-refractivity contribution in [3.8, 4) is 5.75 Å². The van der Waals surface area contributed by atoms with Crippen LogP contribution in [0.2, 0.25) is 13.3 Å². The van der Waals surface area contributed by atoms with Gasteiger partial charge in [0.1, 0.15) is 0 Å². The predicted octanol–water partition coefficient (Wildman–Crippen LogP) is 8.04. The van der Waals surface area contributed by atoms with Crippen molar-refractivity contribution >= 4 is 24.0 Å². The second kappa shape index (κ2) is 13.5. The molecule has 26 heavy (non-hydrogen) atoms. The zero-order valence-corrected chi connectivity index (χ0v) is 20.5. The van der Waals surface area contributed by atoms with Crippen LogP contribution >= 0.6 is 0 Å². The van der Waals surface area contributed by atoms with Gasteiger partial charge in [0.05, 0.1) is 0 Å². The van der Waals surface area contributed by atoms with Crippen molar-refractivity contribution in [2.45, 2.75) is 79.0 Å². The van der Waals surface area contributed by atoms with E-state index >= 15 is 0 Å². The van der Waals surface area contributed by atoms with Crippen LogP contribution in [0.25, 0.3) is 5.57 Å². The molecule has 1 aromatic carbocycles. The summed E-state index contributed by atoms with van der Waals surface area (Å²) in [6, 6.07) is 8.63. The van der Waals surface area contributed by atoms with Crippen molar-refractivity contribution in [3.63, 3.8) is 0 Å². The van der Waals surface area contributed by atoms with E-state index in [1.807, 2.05) is 0 Å². The average Bonchev–Trinajstić information content (AvgIpc) is 2.68. The molecule has 0 N–H and O–H groups in total. The van der Waals surface area contributed by atoms with Crippen molar-refractivity contribution < 1.29 is 4.74 Å². The molecule has 1 aromatic rings. The van der Waals surface area contributed by atoms with Gasteiger partial charge in [0.2, 0.25) is 0 Å². The van der Waals surface area contributed by atoms with Gasteiger partial charge in [-0.05, 0) is 0 Å². The van der Waals surface area contributed by atoms with Crippen LogP contribution in [-0.4, -0.2) is 25.5 Å². The molecular formula is C24H40OSn. The van der Waals surface area contributed by atoms with Crippen molar-refractivity contribution in [1.29, 1.82) is 0 Å². The van der Waals surface area contributed by atoms with Crippen LogP contribution < -0.4 is 4.74 Å². The fourth-order valence-corrected chi connectivity index (χ4v) is 19.1. The van der Waals surface area contributed by atoms with E-state index in [0.29, 0.717) is 0 Å². The van der Waals surface area contributed by atoms with Gasteiger partial charge >= 0.3 is 167 Å². The van der Waals surface area contributed by atoms with E-state index in [4.69, 9.17) is 4.74 Å². The Bertz CT molecular complexity index is 508. The Morgan fingerprint density at radius 1 is 0.923 bits per heavy atom. The van der Waals surface area contributed by atoms with Crippen LogP contribution in [0.1, 0.15) is 71.3 Å². The molecule has 0 bridgehead atoms. The quantitative estimate of drug-likeness (QED) is 0.200. The first-order chi connectivity index (χ1) is 12.6. The molecule has 0 heterocycles. The van der Waals surface area contributed by atoms with Crippen molar-refractivity contribution in [1.82, 2.24) is 0 Å². The molecule has 0 aliphatic rings. The molecular weight excluding hydrogens is 423 g/mol. The number of hydrogen-bond acceptors (Lipinski definition) is 1.